The Hall–Kier alpha value is -1.31. The summed E-state index contributed by atoms with van der Waals surface area (Å²) in [4.78, 5) is 13.2. The smallest absolute Gasteiger partial charge is 0.243 e. The molecule has 1 fully saturated rings. The first-order chi connectivity index (χ1) is 10.8. The molecule has 0 unspecified atom stereocenters. The molecule has 0 bridgehead atoms. The Morgan fingerprint density at radius 2 is 1.87 bits per heavy atom. The maximum atomic E-state index is 12.8. The lowest BCUT2D eigenvalue weighted by atomic mass is 10.2. The minimum atomic E-state index is -3.64. The number of piperazine rings is 1. The van der Waals surface area contributed by atoms with Gasteiger partial charge in [0, 0.05) is 33.1 Å². The van der Waals surface area contributed by atoms with Crippen LogP contribution in [0, 0.1) is 6.92 Å². The third-order valence-electron chi connectivity index (χ3n) is 3.83. The number of ether oxygens (including phenoxy) is 1. The molecule has 6 nitrogen and oxygen atoms in total. The molecule has 0 N–H and O–H groups in total. The molecule has 1 aromatic rings. The Labute approximate surface area is 142 Å². The Morgan fingerprint density at radius 1 is 1.26 bits per heavy atom. The second kappa shape index (κ2) is 7.07. The number of nitrogens with zero attached hydrogens (tertiary/aromatic N) is 2. The molecule has 0 aromatic heterocycles. The van der Waals surface area contributed by atoms with Crippen molar-refractivity contribution >= 4 is 27.5 Å². The summed E-state index contributed by atoms with van der Waals surface area (Å²) in [6.07, 6.45) is 0. The number of sulfonamides is 1. The highest BCUT2D eigenvalue weighted by Gasteiger charge is 2.30. The molecule has 1 heterocycles. The van der Waals surface area contributed by atoms with Gasteiger partial charge in [-0.15, -0.1) is 0 Å². The Morgan fingerprint density at radius 3 is 2.39 bits per heavy atom. The molecule has 0 saturated carbocycles. The van der Waals surface area contributed by atoms with Gasteiger partial charge in [-0.25, -0.2) is 8.42 Å². The summed E-state index contributed by atoms with van der Waals surface area (Å²) >= 11 is 6.13. The maximum Gasteiger partial charge on any atom is 0.243 e. The van der Waals surface area contributed by atoms with E-state index in [-0.39, 0.29) is 28.9 Å². The SMILES string of the molecule is CCOc1cc(C)c(S(=O)(=O)N2CCN(C(C)=O)CC2)cc1Cl. The van der Waals surface area contributed by atoms with Crippen LogP contribution in [0.4, 0.5) is 0 Å². The van der Waals surface area contributed by atoms with E-state index < -0.39 is 10.0 Å². The number of rotatable bonds is 4. The first-order valence-corrected chi connectivity index (χ1v) is 9.27. The first kappa shape index (κ1) is 18.0. The zero-order valence-corrected chi connectivity index (χ0v) is 15.1. The summed E-state index contributed by atoms with van der Waals surface area (Å²) in [7, 11) is -3.64. The second-order valence-electron chi connectivity index (χ2n) is 5.39. The highest BCUT2D eigenvalue weighted by atomic mass is 35.5. The summed E-state index contributed by atoms with van der Waals surface area (Å²) in [5.41, 5.74) is 0.590. The van der Waals surface area contributed by atoms with Gasteiger partial charge in [-0.3, -0.25) is 4.79 Å². The van der Waals surface area contributed by atoms with E-state index >= 15 is 0 Å². The van der Waals surface area contributed by atoms with Crippen molar-refractivity contribution < 1.29 is 17.9 Å². The fraction of sp³-hybridized carbons (Fsp3) is 0.533. The zero-order valence-electron chi connectivity index (χ0n) is 13.5. The molecule has 1 aromatic carbocycles. The number of aryl methyl sites for hydroxylation is 1. The summed E-state index contributed by atoms with van der Waals surface area (Å²) < 4.78 is 32.4. The fourth-order valence-corrected chi connectivity index (χ4v) is 4.50. The molecule has 23 heavy (non-hydrogen) atoms. The van der Waals surface area contributed by atoms with E-state index in [4.69, 9.17) is 16.3 Å². The lowest BCUT2D eigenvalue weighted by molar-refractivity contribution is -0.129. The number of hydrogen-bond acceptors (Lipinski definition) is 4. The van der Waals surface area contributed by atoms with Crippen molar-refractivity contribution in [1.29, 1.82) is 0 Å². The van der Waals surface area contributed by atoms with E-state index in [0.717, 1.165) is 0 Å². The maximum absolute atomic E-state index is 12.8. The molecule has 0 spiro atoms. The predicted molar refractivity (Wildman–Crippen MR) is 88.4 cm³/mol. The highest BCUT2D eigenvalue weighted by molar-refractivity contribution is 7.89. The molecule has 0 aliphatic carbocycles. The van der Waals surface area contributed by atoms with Crippen LogP contribution in [0.1, 0.15) is 19.4 Å². The minimum absolute atomic E-state index is 0.0395. The van der Waals surface area contributed by atoms with Crippen molar-refractivity contribution in [2.45, 2.75) is 25.7 Å². The molecule has 8 heteroatoms. The molecule has 1 amide bonds. The third-order valence-corrected chi connectivity index (χ3v) is 6.17. The molecular formula is C15H21ClN2O4S. The Balaban J connectivity index is 2.27. The molecule has 2 rings (SSSR count). The largest absolute Gasteiger partial charge is 0.492 e. The lowest BCUT2D eigenvalue weighted by Gasteiger charge is -2.33. The average molecular weight is 361 g/mol. The van der Waals surface area contributed by atoms with Crippen molar-refractivity contribution in [1.82, 2.24) is 9.21 Å². The van der Waals surface area contributed by atoms with Crippen molar-refractivity contribution in [3.63, 3.8) is 0 Å². The summed E-state index contributed by atoms with van der Waals surface area (Å²) in [6.45, 7) is 6.87. The van der Waals surface area contributed by atoms with Crippen LogP contribution in [-0.4, -0.2) is 56.3 Å². The topological polar surface area (TPSA) is 66.9 Å². The van der Waals surface area contributed by atoms with E-state index in [1.165, 1.54) is 17.3 Å². The molecule has 1 aliphatic heterocycles. The lowest BCUT2D eigenvalue weighted by Crippen LogP contribution is -2.50. The van der Waals surface area contributed by atoms with Gasteiger partial charge in [0.1, 0.15) is 5.75 Å². The van der Waals surface area contributed by atoms with Crippen LogP contribution in [0.2, 0.25) is 5.02 Å². The second-order valence-corrected chi connectivity index (χ2v) is 7.70. The van der Waals surface area contributed by atoms with Crippen molar-refractivity contribution in [3.05, 3.63) is 22.7 Å². The third kappa shape index (κ3) is 3.79. The molecule has 0 atom stereocenters. The average Bonchev–Trinajstić information content (AvgIpc) is 2.50. The highest BCUT2D eigenvalue weighted by Crippen LogP contribution is 2.32. The van der Waals surface area contributed by atoms with Gasteiger partial charge < -0.3 is 9.64 Å². The Bertz CT molecular complexity index is 698. The number of carbonyl (C=O) groups is 1. The van der Waals surface area contributed by atoms with Gasteiger partial charge in [-0.2, -0.15) is 4.31 Å². The predicted octanol–water partition coefficient (Wildman–Crippen LogP) is 1.90. The number of hydrogen-bond donors (Lipinski definition) is 0. The van der Waals surface area contributed by atoms with E-state index in [9.17, 15) is 13.2 Å². The van der Waals surface area contributed by atoms with Crippen LogP contribution in [-0.2, 0) is 14.8 Å². The van der Waals surface area contributed by atoms with Crippen LogP contribution < -0.4 is 4.74 Å². The van der Waals surface area contributed by atoms with Gasteiger partial charge in [0.05, 0.1) is 16.5 Å². The Kier molecular flexibility index (Phi) is 5.54. The minimum Gasteiger partial charge on any atom is -0.492 e. The monoisotopic (exact) mass is 360 g/mol. The summed E-state index contributed by atoms with van der Waals surface area (Å²) in [5.74, 6) is 0.439. The van der Waals surface area contributed by atoms with Gasteiger partial charge in [-0.05, 0) is 31.5 Å². The van der Waals surface area contributed by atoms with Crippen molar-refractivity contribution in [2.24, 2.45) is 0 Å². The summed E-state index contributed by atoms with van der Waals surface area (Å²) in [5, 5.41) is 0.276. The zero-order chi connectivity index (χ0) is 17.2. The molecule has 128 valence electrons. The van der Waals surface area contributed by atoms with E-state index in [1.54, 1.807) is 17.9 Å². The fourth-order valence-electron chi connectivity index (χ4n) is 2.56. The number of carbonyl (C=O) groups excluding carboxylic acids is 1. The van der Waals surface area contributed by atoms with Gasteiger partial charge in [0.2, 0.25) is 15.9 Å². The van der Waals surface area contributed by atoms with Crippen LogP contribution in [0.15, 0.2) is 17.0 Å². The van der Waals surface area contributed by atoms with E-state index in [0.29, 0.717) is 31.0 Å². The number of benzene rings is 1. The summed E-state index contributed by atoms with van der Waals surface area (Å²) in [6, 6.07) is 3.08. The van der Waals surface area contributed by atoms with Crippen molar-refractivity contribution in [3.8, 4) is 5.75 Å². The molecular weight excluding hydrogens is 340 g/mol. The first-order valence-electron chi connectivity index (χ1n) is 7.46. The molecule has 1 aliphatic rings. The van der Waals surface area contributed by atoms with Crippen molar-refractivity contribution in [2.75, 3.05) is 32.8 Å². The van der Waals surface area contributed by atoms with Gasteiger partial charge in [0.25, 0.3) is 0 Å². The van der Waals surface area contributed by atoms with Gasteiger partial charge >= 0.3 is 0 Å². The van der Waals surface area contributed by atoms with E-state index in [2.05, 4.69) is 0 Å². The molecule has 0 radical (unpaired) electrons. The standard InChI is InChI=1S/C15H21ClN2O4S/c1-4-22-14-9-11(2)15(10-13(14)16)23(20,21)18-7-5-17(6-8-18)12(3)19/h9-10H,4-8H2,1-3H3. The van der Waals surface area contributed by atoms with Gasteiger partial charge in [0.15, 0.2) is 0 Å². The quantitative estimate of drug-likeness (QED) is 0.822. The number of halogens is 1. The van der Waals surface area contributed by atoms with E-state index in [1.807, 2.05) is 6.92 Å². The van der Waals surface area contributed by atoms with Crippen LogP contribution in [0.25, 0.3) is 0 Å². The van der Waals surface area contributed by atoms with Crippen LogP contribution >= 0.6 is 11.6 Å². The van der Waals surface area contributed by atoms with Crippen LogP contribution in [0.3, 0.4) is 0 Å². The van der Waals surface area contributed by atoms with Crippen LogP contribution in [0.5, 0.6) is 5.75 Å². The van der Waals surface area contributed by atoms with Gasteiger partial charge in [-0.1, -0.05) is 11.6 Å². The normalized spacial score (nSPS) is 16.4. The number of amides is 1. The molecule has 1 saturated heterocycles.